The standard InChI is InChI=1S/C26H24N4O/c1-16-9-11-22(17(2)13-16)27-28-23-14-19(4)24(15-18(23)3)29-30-26-21-8-6-5-7-20(21)10-12-25(26)31/h5-15,31H,1-4H3. The first kappa shape index (κ1) is 20.4. The molecule has 31 heavy (non-hydrogen) atoms. The lowest BCUT2D eigenvalue weighted by Crippen LogP contribution is -1.81. The minimum Gasteiger partial charge on any atom is -0.506 e. The Morgan fingerprint density at radius 1 is 0.581 bits per heavy atom. The van der Waals surface area contributed by atoms with Gasteiger partial charge >= 0.3 is 0 Å². The van der Waals surface area contributed by atoms with Crippen LogP contribution >= 0.6 is 0 Å². The molecule has 4 aromatic carbocycles. The van der Waals surface area contributed by atoms with Crippen LogP contribution in [0.15, 0.2) is 87.2 Å². The molecule has 0 aliphatic rings. The highest BCUT2D eigenvalue weighted by Gasteiger charge is 2.08. The van der Waals surface area contributed by atoms with Crippen molar-refractivity contribution in [3.8, 4) is 5.75 Å². The van der Waals surface area contributed by atoms with Crippen LogP contribution in [0, 0.1) is 27.7 Å². The lowest BCUT2D eigenvalue weighted by Gasteiger charge is -2.06. The van der Waals surface area contributed by atoms with Crippen LogP contribution in [0.2, 0.25) is 0 Å². The molecular weight excluding hydrogens is 384 g/mol. The Bertz CT molecular complexity index is 1340. The smallest absolute Gasteiger partial charge is 0.143 e. The quantitative estimate of drug-likeness (QED) is 0.337. The highest BCUT2D eigenvalue weighted by Crippen LogP contribution is 2.37. The number of aromatic hydroxyl groups is 1. The predicted molar refractivity (Wildman–Crippen MR) is 126 cm³/mol. The highest BCUT2D eigenvalue weighted by atomic mass is 16.3. The van der Waals surface area contributed by atoms with Gasteiger partial charge in [-0.05, 0) is 74.0 Å². The van der Waals surface area contributed by atoms with E-state index < -0.39 is 0 Å². The van der Waals surface area contributed by atoms with Gasteiger partial charge in [-0.2, -0.15) is 15.3 Å². The molecule has 0 saturated carbocycles. The minimum absolute atomic E-state index is 0.107. The Labute approximate surface area is 181 Å². The van der Waals surface area contributed by atoms with E-state index in [9.17, 15) is 5.11 Å². The number of hydrogen-bond donors (Lipinski definition) is 1. The van der Waals surface area contributed by atoms with E-state index in [2.05, 4.69) is 33.4 Å². The number of phenols is 1. The van der Waals surface area contributed by atoms with Gasteiger partial charge in [0.1, 0.15) is 11.4 Å². The molecule has 0 unspecified atom stereocenters. The molecule has 0 spiro atoms. The van der Waals surface area contributed by atoms with Gasteiger partial charge in [-0.3, -0.25) is 0 Å². The molecule has 0 atom stereocenters. The number of aryl methyl sites for hydroxylation is 4. The third-order valence-electron chi connectivity index (χ3n) is 5.27. The van der Waals surface area contributed by atoms with Crippen molar-refractivity contribution in [3.05, 3.63) is 89.0 Å². The molecule has 1 N–H and O–H groups in total. The Morgan fingerprint density at radius 3 is 1.90 bits per heavy atom. The lowest BCUT2D eigenvalue weighted by atomic mass is 10.1. The molecule has 0 aliphatic carbocycles. The van der Waals surface area contributed by atoms with Gasteiger partial charge in [0.05, 0.1) is 17.1 Å². The molecular formula is C26H24N4O. The summed E-state index contributed by atoms with van der Waals surface area (Å²) >= 11 is 0. The highest BCUT2D eigenvalue weighted by molar-refractivity contribution is 5.95. The van der Waals surface area contributed by atoms with Crippen molar-refractivity contribution >= 4 is 33.5 Å². The summed E-state index contributed by atoms with van der Waals surface area (Å²) < 4.78 is 0. The van der Waals surface area contributed by atoms with E-state index in [1.807, 2.05) is 75.4 Å². The Morgan fingerprint density at radius 2 is 1.19 bits per heavy atom. The summed E-state index contributed by atoms with van der Waals surface area (Å²) in [4.78, 5) is 0. The van der Waals surface area contributed by atoms with Crippen LogP contribution in [0.3, 0.4) is 0 Å². The van der Waals surface area contributed by atoms with Crippen molar-refractivity contribution in [2.45, 2.75) is 27.7 Å². The van der Waals surface area contributed by atoms with Gasteiger partial charge in [-0.25, -0.2) is 0 Å². The van der Waals surface area contributed by atoms with Crippen molar-refractivity contribution in [1.29, 1.82) is 0 Å². The van der Waals surface area contributed by atoms with Crippen LogP contribution in [0.4, 0.5) is 22.7 Å². The molecule has 5 nitrogen and oxygen atoms in total. The molecule has 0 aromatic heterocycles. The summed E-state index contributed by atoms with van der Waals surface area (Å²) in [6.07, 6.45) is 0. The zero-order chi connectivity index (χ0) is 22.0. The van der Waals surface area contributed by atoms with Crippen molar-refractivity contribution in [2.75, 3.05) is 0 Å². The van der Waals surface area contributed by atoms with Gasteiger partial charge in [0, 0.05) is 5.39 Å². The first-order valence-corrected chi connectivity index (χ1v) is 10.1. The van der Waals surface area contributed by atoms with E-state index in [4.69, 9.17) is 0 Å². The SMILES string of the molecule is Cc1ccc(N=Nc2cc(C)c(N=Nc3c(O)ccc4ccccc34)cc2C)c(C)c1. The maximum atomic E-state index is 10.3. The van der Waals surface area contributed by atoms with E-state index in [1.54, 1.807) is 6.07 Å². The molecule has 0 radical (unpaired) electrons. The fourth-order valence-corrected chi connectivity index (χ4v) is 3.48. The summed E-state index contributed by atoms with van der Waals surface area (Å²) in [7, 11) is 0. The van der Waals surface area contributed by atoms with Crippen molar-refractivity contribution in [1.82, 2.24) is 0 Å². The molecule has 0 saturated heterocycles. The number of benzene rings is 4. The summed E-state index contributed by atoms with van der Waals surface area (Å²) in [5.41, 5.74) is 7.04. The van der Waals surface area contributed by atoms with Crippen LogP contribution in [-0.2, 0) is 0 Å². The molecule has 4 aromatic rings. The van der Waals surface area contributed by atoms with E-state index in [-0.39, 0.29) is 5.75 Å². The fourth-order valence-electron chi connectivity index (χ4n) is 3.48. The van der Waals surface area contributed by atoms with Gasteiger partial charge in [-0.1, -0.05) is 48.0 Å². The molecule has 0 heterocycles. The average Bonchev–Trinajstić information content (AvgIpc) is 2.75. The van der Waals surface area contributed by atoms with Crippen molar-refractivity contribution in [2.24, 2.45) is 20.5 Å². The topological polar surface area (TPSA) is 69.7 Å². The van der Waals surface area contributed by atoms with Gasteiger partial charge in [0.15, 0.2) is 0 Å². The lowest BCUT2D eigenvalue weighted by molar-refractivity contribution is 0.477. The number of nitrogens with zero attached hydrogens (tertiary/aromatic N) is 4. The minimum atomic E-state index is 0.107. The molecule has 0 bridgehead atoms. The molecule has 0 fully saturated rings. The summed E-state index contributed by atoms with van der Waals surface area (Å²) in [6, 6.07) is 21.3. The third kappa shape index (κ3) is 4.36. The molecule has 0 aliphatic heterocycles. The fraction of sp³-hybridized carbons (Fsp3) is 0.154. The van der Waals surface area contributed by atoms with Crippen LogP contribution in [0.5, 0.6) is 5.75 Å². The summed E-state index contributed by atoms with van der Waals surface area (Å²) in [5.74, 6) is 0.107. The average molecular weight is 409 g/mol. The second kappa shape index (κ2) is 8.48. The maximum absolute atomic E-state index is 10.3. The molecule has 154 valence electrons. The van der Waals surface area contributed by atoms with Crippen molar-refractivity contribution in [3.63, 3.8) is 0 Å². The summed E-state index contributed by atoms with van der Waals surface area (Å²) in [5, 5.41) is 29.8. The number of phenolic OH excluding ortho intramolecular Hbond substituents is 1. The molecule has 0 amide bonds. The van der Waals surface area contributed by atoms with E-state index in [0.717, 1.165) is 44.5 Å². The first-order valence-electron chi connectivity index (χ1n) is 10.1. The van der Waals surface area contributed by atoms with E-state index in [1.165, 1.54) is 5.56 Å². The maximum Gasteiger partial charge on any atom is 0.143 e. The Balaban J connectivity index is 1.65. The predicted octanol–water partition coefficient (Wildman–Crippen LogP) is 8.61. The molecule has 5 heteroatoms. The summed E-state index contributed by atoms with van der Waals surface area (Å²) in [6.45, 7) is 8.04. The Kier molecular flexibility index (Phi) is 5.58. The Hall–Kier alpha value is -3.86. The number of azo groups is 2. The van der Waals surface area contributed by atoms with E-state index in [0.29, 0.717) is 5.69 Å². The number of rotatable bonds is 4. The van der Waals surface area contributed by atoms with E-state index >= 15 is 0 Å². The largest absolute Gasteiger partial charge is 0.506 e. The van der Waals surface area contributed by atoms with Gasteiger partial charge in [0.25, 0.3) is 0 Å². The van der Waals surface area contributed by atoms with Crippen molar-refractivity contribution < 1.29 is 5.11 Å². The zero-order valence-corrected chi connectivity index (χ0v) is 18.1. The van der Waals surface area contributed by atoms with Gasteiger partial charge < -0.3 is 5.11 Å². The van der Waals surface area contributed by atoms with Crippen LogP contribution in [-0.4, -0.2) is 5.11 Å². The van der Waals surface area contributed by atoms with Crippen LogP contribution in [0.1, 0.15) is 22.3 Å². The first-order chi connectivity index (χ1) is 14.9. The zero-order valence-electron chi connectivity index (χ0n) is 18.1. The number of fused-ring (bicyclic) bond motifs is 1. The van der Waals surface area contributed by atoms with Crippen LogP contribution in [0.25, 0.3) is 10.8 Å². The van der Waals surface area contributed by atoms with Gasteiger partial charge in [0.2, 0.25) is 0 Å². The monoisotopic (exact) mass is 408 g/mol. The number of hydrogen-bond acceptors (Lipinski definition) is 5. The van der Waals surface area contributed by atoms with Gasteiger partial charge in [-0.15, -0.1) is 5.11 Å². The van der Waals surface area contributed by atoms with Crippen LogP contribution < -0.4 is 0 Å². The molecule has 4 rings (SSSR count). The second-order valence-corrected chi connectivity index (χ2v) is 7.77. The second-order valence-electron chi connectivity index (χ2n) is 7.77. The normalized spacial score (nSPS) is 11.7. The third-order valence-corrected chi connectivity index (χ3v) is 5.27.